The number of rotatable bonds is 6. The van der Waals surface area contributed by atoms with Crippen molar-refractivity contribution in [3.8, 4) is 0 Å². The maximum Gasteiger partial charge on any atom is 0.171 e. The van der Waals surface area contributed by atoms with Crippen LogP contribution in [0.4, 0.5) is 11.5 Å². The van der Waals surface area contributed by atoms with Crippen molar-refractivity contribution in [2.45, 2.75) is 19.9 Å². The molecule has 0 amide bonds. The highest BCUT2D eigenvalue weighted by Crippen LogP contribution is 2.14. The Balaban J connectivity index is 0. The standard InChI is InChI=1S/C9H18N4O.2ClH/c1-3-13-7-8(10)9(12-13)11-5-4-6-14-2;;/h7H,3-6,10H2,1-2H3,(H,11,12);2*1H. The zero-order chi connectivity index (χ0) is 10.4. The van der Waals surface area contributed by atoms with Gasteiger partial charge in [0.2, 0.25) is 0 Å². The zero-order valence-electron chi connectivity index (χ0n) is 9.60. The second kappa shape index (κ2) is 9.57. The van der Waals surface area contributed by atoms with E-state index in [9.17, 15) is 0 Å². The van der Waals surface area contributed by atoms with Crippen molar-refractivity contribution in [2.75, 3.05) is 31.3 Å². The summed E-state index contributed by atoms with van der Waals surface area (Å²) < 4.78 is 6.75. The van der Waals surface area contributed by atoms with E-state index in [1.165, 1.54) is 0 Å². The topological polar surface area (TPSA) is 65.1 Å². The van der Waals surface area contributed by atoms with Crippen molar-refractivity contribution >= 4 is 36.3 Å². The summed E-state index contributed by atoms with van der Waals surface area (Å²) in [6, 6.07) is 0. The lowest BCUT2D eigenvalue weighted by Gasteiger charge is -2.02. The maximum absolute atomic E-state index is 5.75. The van der Waals surface area contributed by atoms with Crippen LogP contribution in [0.3, 0.4) is 0 Å². The molecule has 1 aromatic rings. The van der Waals surface area contributed by atoms with Crippen molar-refractivity contribution in [2.24, 2.45) is 0 Å². The molecule has 0 saturated carbocycles. The van der Waals surface area contributed by atoms with Gasteiger partial charge >= 0.3 is 0 Å². The van der Waals surface area contributed by atoms with Gasteiger partial charge < -0.3 is 15.8 Å². The molecule has 1 heterocycles. The molecule has 0 radical (unpaired) electrons. The van der Waals surface area contributed by atoms with E-state index in [1.54, 1.807) is 7.11 Å². The van der Waals surface area contributed by atoms with E-state index in [1.807, 2.05) is 17.8 Å². The minimum atomic E-state index is 0. The van der Waals surface area contributed by atoms with Crippen LogP contribution in [-0.4, -0.2) is 30.0 Å². The van der Waals surface area contributed by atoms with Gasteiger partial charge in [-0.25, -0.2) is 0 Å². The molecule has 0 aromatic carbocycles. The zero-order valence-corrected chi connectivity index (χ0v) is 11.2. The van der Waals surface area contributed by atoms with E-state index in [4.69, 9.17) is 10.5 Å². The molecule has 0 fully saturated rings. The summed E-state index contributed by atoms with van der Waals surface area (Å²) in [6.45, 7) is 4.45. The third-order valence-corrected chi connectivity index (χ3v) is 1.93. The van der Waals surface area contributed by atoms with Crippen molar-refractivity contribution < 1.29 is 4.74 Å². The van der Waals surface area contributed by atoms with E-state index < -0.39 is 0 Å². The van der Waals surface area contributed by atoms with E-state index in [0.717, 1.165) is 31.9 Å². The Labute approximate surface area is 109 Å². The molecule has 1 rings (SSSR count). The third-order valence-electron chi connectivity index (χ3n) is 1.93. The fraction of sp³-hybridized carbons (Fsp3) is 0.667. The molecule has 0 atom stereocenters. The van der Waals surface area contributed by atoms with Crippen molar-refractivity contribution in [1.82, 2.24) is 9.78 Å². The molecule has 0 saturated heterocycles. The predicted molar refractivity (Wildman–Crippen MR) is 71.8 cm³/mol. The first-order valence-corrected chi connectivity index (χ1v) is 4.83. The molecule has 0 aliphatic heterocycles. The Morgan fingerprint density at radius 3 is 2.69 bits per heavy atom. The molecule has 16 heavy (non-hydrogen) atoms. The van der Waals surface area contributed by atoms with Crippen molar-refractivity contribution in [3.63, 3.8) is 0 Å². The first kappa shape index (κ1) is 17.7. The average Bonchev–Trinajstić information content (AvgIpc) is 2.54. The number of nitrogens with two attached hydrogens (primary N) is 1. The summed E-state index contributed by atoms with van der Waals surface area (Å²) in [5.41, 5.74) is 6.45. The van der Waals surface area contributed by atoms with Crippen LogP contribution in [0.5, 0.6) is 0 Å². The average molecular weight is 271 g/mol. The molecular formula is C9H20Cl2N4O. The van der Waals surface area contributed by atoms with Crippen LogP contribution in [0.1, 0.15) is 13.3 Å². The summed E-state index contributed by atoms with van der Waals surface area (Å²) >= 11 is 0. The summed E-state index contributed by atoms with van der Waals surface area (Å²) in [7, 11) is 1.69. The predicted octanol–water partition coefficient (Wildman–Crippen LogP) is 1.78. The van der Waals surface area contributed by atoms with Crippen LogP contribution < -0.4 is 11.1 Å². The van der Waals surface area contributed by atoms with Crippen LogP contribution >= 0.6 is 24.8 Å². The monoisotopic (exact) mass is 270 g/mol. The highest BCUT2D eigenvalue weighted by Gasteiger charge is 2.03. The SMILES string of the molecule is CCn1cc(N)c(NCCCOC)n1.Cl.Cl. The van der Waals surface area contributed by atoms with Gasteiger partial charge in [0.25, 0.3) is 0 Å². The smallest absolute Gasteiger partial charge is 0.171 e. The fourth-order valence-corrected chi connectivity index (χ4v) is 1.16. The Bertz CT molecular complexity index is 280. The summed E-state index contributed by atoms with van der Waals surface area (Å²) in [4.78, 5) is 0. The molecular weight excluding hydrogens is 251 g/mol. The van der Waals surface area contributed by atoms with Crippen LogP contribution in [0.25, 0.3) is 0 Å². The minimum Gasteiger partial charge on any atom is -0.394 e. The van der Waals surface area contributed by atoms with Gasteiger partial charge in [-0.15, -0.1) is 24.8 Å². The van der Waals surface area contributed by atoms with Gasteiger partial charge in [0.15, 0.2) is 5.82 Å². The van der Waals surface area contributed by atoms with E-state index in [2.05, 4.69) is 10.4 Å². The van der Waals surface area contributed by atoms with Gasteiger partial charge in [-0.2, -0.15) is 5.10 Å². The van der Waals surface area contributed by atoms with Crippen molar-refractivity contribution in [1.29, 1.82) is 0 Å². The number of ether oxygens (including phenoxy) is 1. The molecule has 0 bridgehead atoms. The number of aromatic nitrogens is 2. The van der Waals surface area contributed by atoms with Gasteiger partial charge in [-0.3, -0.25) is 4.68 Å². The quantitative estimate of drug-likeness (QED) is 0.774. The summed E-state index contributed by atoms with van der Waals surface area (Å²) in [6.07, 6.45) is 2.79. The van der Waals surface area contributed by atoms with Crippen LogP contribution in [0, 0.1) is 0 Å². The first-order chi connectivity index (χ1) is 6.77. The number of hydrogen-bond acceptors (Lipinski definition) is 4. The fourth-order valence-electron chi connectivity index (χ4n) is 1.16. The number of methoxy groups -OCH3 is 1. The molecule has 3 N–H and O–H groups in total. The van der Waals surface area contributed by atoms with E-state index >= 15 is 0 Å². The lowest BCUT2D eigenvalue weighted by Crippen LogP contribution is -2.06. The lowest BCUT2D eigenvalue weighted by molar-refractivity contribution is 0.197. The molecule has 7 heteroatoms. The van der Waals surface area contributed by atoms with Gasteiger partial charge in [0.05, 0.1) is 11.9 Å². The number of hydrogen-bond donors (Lipinski definition) is 2. The minimum absolute atomic E-state index is 0. The molecule has 5 nitrogen and oxygen atoms in total. The molecule has 96 valence electrons. The summed E-state index contributed by atoms with van der Waals surface area (Å²) in [5.74, 6) is 0.767. The highest BCUT2D eigenvalue weighted by atomic mass is 35.5. The Morgan fingerprint density at radius 1 is 1.50 bits per heavy atom. The number of nitrogens with one attached hydrogen (secondary N) is 1. The van der Waals surface area contributed by atoms with Gasteiger partial charge in [-0.05, 0) is 13.3 Å². The van der Waals surface area contributed by atoms with Crippen LogP contribution in [0.15, 0.2) is 6.20 Å². The first-order valence-electron chi connectivity index (χ1n) is 4.83. The van der Waals surface area contributed by atoms with Gasteiger partial charge in [0, 0.05) is 26.8 Å². The van der Waals surface area contributed by atoms with E-state index in [-0.39, 0.29) is 24.8 Å². The highest BCUT2D eigenvalue weighted by molar-refractivity contribution is 5.85. The number of anilines is 2. The number of nitrogens with zero attached hydrogens (tertiary/aromatic N) is 2. The second-order valence-electron chi connectivity index (χ2n) is 3.06. The van der Waals surface area contributed by atoms with Crippen LogP contribution in [-0.2, 0) is 11.3 Å². The number of aryl methyl sites for hydroxylation is 1. The second-order valence-corrected chi connectivity index (χ2v) is 3.06. The molecule has 1 aromatic heterocycles. The molecule has 0 aliphatic carbocycles. The lowest BCUT2D eigenvalue weighted by atomic mass is 10.4. The Morgan fingerprint density at radius 2 is 2.19 bits per heavy atom. The molecule has 0 aliphatic rings. The summed E-state index contributed by atoms with van der Waals surface area (Å²) in [5, 5.41) is 7.43. The number of nitrogen functional groups attached to an aromatic ring is 1. The Hall–Kier alpha value is -0.650. The number of halogens is 2. The van der Waals surface area contributed by atoms with Crippen molar-refractivity contribution in [3.05, 3.63) is 6.20 Å². The normalized spacial score (nSPS) is 9.12. The Kier molecular flexibility index (Phi) is 10.6. The third kappa shape index (κ3) is 5.44. The molecule has 0 spiro atoms. The maximum atomic E-state index is 5.75. The molecule has 0 unspecified atom stereocenters. The largest absolute Gasteiger partial charge is 0.394 e. The van der Waals surface area contributed by atoms with Gasteiger partial charge in [-0.1, -0.05) is 0 Å². The van der Waals surface area contributed by atoms with Crippen LogP contribution in [0.2, 0.25) is 0 Å². The van der Waals surface area contributed by atoms with E-state index in [0.29, 0.717) is 5.69 Å². The van der Waals surface area contributed by atoms with Gasteiger partial charge in [0.1, 0.15) is 0 Å².